The lowest BCUT2D eigenvalue weighted by atomic mass is 10.2. The minimum atomic E-state index is -0.545. The van der Waals surface area contributed by atoms with Gasteiger partial charge in [-0.3, -0.25) is 4.79 Å². The van der Waals surface area contributed by atoms with Crippen LogP contribution in [0.1, 0.15) is 16.1 Å². The summed E-state index contributed by atoms with van der Waals surface area (Å²) in [7, 11) is 0. The zero-order valence-corrected chi connectivity index (χ0v) is 9.57. The number of oxazole rings is 1. The first-order valence-corrected chi connectivity index (χ1v) is 5.25. The Morgan fingerprint density at radius 1 is 1.53 bits per heavy atom. The molecule has 0 aliphatic heterocycles. The Labute approximate surface area is 103 Å². The van der Waals surface area contributed by atoms with Gasteiger partial charge in [-0.1, -0.05) is 11.6 Å². The largest absolute Gasteiger partial charge is 0.447 e. The normalized spacial score (nSPS) is 10.2. The highest BCUT2D eigenvalue weighted by Gasteiger charge is 2.07. The van der Waals surface area contributed by atoms with Crippen molar-refractivity contribution in [1.82, 2.24) is 4.98 Å². The van der Waals surface area contributed by atoms with Crippen molar-refractivity contribution in [2.24, 2.45) is 5.73 Å². The number of carbonyl (C=O) groups excluding carboxylic acids is 1. The van der Waals surface area contributed by atoms with Crippen molar-refractivity contribution in [2.45, 2.75) is 6.54 Å². The molecule has 0 unspecified atom stereocenters. The third-order valence-corrected chi connectivity index (χ3v) is 2.50. The van der Waals surface area contributed by atoms with Gasteiger partial charge in [0.25, 0.3) is 0 Å². The van der Waals surface area contributed by atoms with Gasteiger partial charge < -0.3 is 15.5 Å². The number of aromatic nitrogens is 1. The van der Waals surface area contributed by atoms with Gasteiger partial charge in [-0.2, -0.15) is 0 Å². The topological polar surface area (TPSA) is 81.2 Å². The maximum Gasteiger partial charge on any atom is 0.250 e. The van der Waals surface area contributed by atoms with Crippen molar-refractivity contribution in [3.8, 4) is 0 Å². The second-order valence-corrected chi connectivity index (χ2v) is 3.79. The van der Waals surface area contributed by atoms with E-state index in [0.29, 0.717) is 22.9 Å². The van der Waals surface area contributed by atoms with Crippen LogP contribution in [-0.4, -0.2) is 10.9 Å². The number of nitrogens with two attached hydrogens (primary N) is 1. The van der Waals surface area contributed by atoms with E-state index in [1.807, 2.05) is 0 Å². The van der Waals surface area contributed by atoms with Crippen molar-refractivity contribution in [2.75, 3.05) is 5.32 Å². The van der Waals surface area contributed by atoms with E-state index >= 15 is 0 Å². The summed E-state index contributed by atoms with van der Waals surface area (Å²) in [5, 5.41) is 3.40. The summed E-state index contributed by atoms with van der Waals surface area (Å²) in [4.78, 5) is 14.8. The molecule has 0 aliphatic carbocycles. The number of benzene rings is 1. The molecule has 6 heteroatoms. The van der Waals surface area contributed by atoms with Gasteiger partial charge >= 0.3 is 0 Å². The first kappa shape index (κ1) is 11.5. The summed E-state index contributed by atoms with van der Waals surface area (Å²) >= 11 is 5.91. The number of primary amides is 1. The molecule has 0 aliphatic rings. The predicted octanol–water partition coefficient (Wildman–Crippen LogP) is 2.04. The van der Waals surface area contributed by atoms with E-state index in [1.165, 1.54) is 6.39 Å². The smallest absolute Gasteiger partial charge is 0.250 e. The first-order valence-electron chi connectivity index (χ1n) is 4.87. The molecule has 0 saturated carbocycles. The van der Waals surface area contributed by atoms with Gasteiger partial charge in [0.2, 0.25) is 5.91 Å². The fourth-order valence-electron chi connectivity index (χ4n) is 1.34. The van der Waals surface area contributed by atoms with Crippen LogP contribution in [0.2, 0.25) is 5.02 Å². The molecule has 88 valence electrons. The number of nitrogens with zero attached hydrogens (tertiary/aromatic N) is 1. The summed E-state index contributed by atoms with van der Waals surface area (Å²) in [6.45, 7) is 0.492. The van der Waals surface area contributed by atoms with Crippen LogP contribution in [-0.2, 0) is 6.54 Å². The second-order valence-electron chi connectivity index (χ2n) is 3.38. The number of carbonyl (C=O) groups is 1. The van der Waals surface area contributed by atoms with Gasteiger partial charge in [-0.25, -0.2) is 4.98 Å². The summed E-state index contributed by atoms with van der Waals surface area (Å²) in [6.07, 6.45) is 2.98. The summed E-state index contributed by atoms with van der Waals surface area (Å²) in [5.41, 5.74) is 6.23. The highest BCUT2D eigenvalue weighted by atomic mass is 35.5. The molecule has 0 fully saturated rings. The van der Waals surface area contributed by atoms with Crippen LogP contribution in [0.4, 0.5) is 5.69 Å². The van der Waals surface area contributed by atoms with E-state index in [-0.39, 0.29) is 0 Å². The molecule has 0 bridgehead atoms. The van der Waals surface area contributed by atoms with Crippen molar-refractivity contribution in [3.63, 3.8) is 0 Å². The SMILES string of the molecule is NC(=O)c1ccc(NCc2cnco2)cc1Cl. The Kier molecular flexibility index (Phi) is 3.30. The standard InChI is InChI=1S/C11H10ClN3O2/c12-10-3-7(1-2-9(10)11(13)16)15-5-8-4-14-6-17-8/h1-4,6,15H,5H2,(H2,13,16). The minimum absolute atomic E-state index is 0.303. The lowest BCUT2D eigenvalue weighted by Gasteiger charge is -2.06. The number of anilines is 1. The van der Waals surface area contributed by atoms with Gasteiger partial charge in [0.15, 0.2) is 6.39 Å². The van der Waals surface area contributed by atoms with Crippen molar-refractivity contribution in [3.05, 3.63) is 47.1 Å². The molecule has 1 heterocycles. The molecule has 17 heavy (non-hydrogen) atoms. The van der Waals surface area contributed by atoms with Gasteiger partial charge in [0.05, 0.1) is 23.3 Å². The summed E-state index contributed by atoms with van der Waals surface area (Å²) in [5.74, 6) is 0.164. The van der Waals surface area contributed by atoms with Crippen LogP contribution in [0.3, 0.4) is 0 Å². The zero-order valence-electron chi connectivity index (χ0n) is 8.81. The molecule has 0 atom stereocenters. The maximum atomic E-state index is 11.0. The monoisotopic (exact) mass is 251 g/mol. The second kappa shape index (κ2) is 4.88. The number of hydrogen-bond acceptors (Lipinski definition) is 4. The summed E-state index contributed by atoms with van der Waals surface area (Å²) in [6, 6.07) is 4.94. The van der Waals surface area contributed by atoms with E-state index in [4.69, 9.17) is 21.8 Å². The van der Waals surface area contributed by atoms with Crippen LogP contribution in [0.15, 0.2) is 35.2 Å². The van der Waals surface area contributed by atoms with Gasteiger partial charge in [0, 0.05) is 5.69 Å². The Morgan fingerprint density at radius 2 is 2.35 bits per heavy atom. The average Bonchev–Trinajstić information content (AvgIpc) is 2.78. The first-order chi connectivity index (χ1) is 8.16. The lowest BCUT2D eigenvalue weighted by molar-refractivity contribution is 0.100. The van der Waals surface area contributed by atoms with E-state index in [1.54, 1.807) is 24.4 Å². The Morgan fingerprint density at radius 3 is 2.94 bits per heavy atom. The van der Waals surface area contributed by atoms with E-state index in [0.717, 1.165) is 5.69 Å². The zero-order chi connectivity index (χ0) is 12.3. The number of nitrogens with one attached hydrogen (secondary N) is 1. The molecule has 1 aromatic carbocycles. The molecular formula is C11H10ClN3O2. The molecule has 1 amide bonds. The Bertz CT molecular complexity index is 526. The fourth-order valence-corrected chi connectivity index (χ4v) is 1.62. The van der Waals surface area contributed by atoms with Crippen LogP contribution in [0, 0.1) is 0 Å². The van der Waals surface area contributed by atoms with E-state index in [2.05, 4.69) is 10.3 Å². The highest BCUT2D eigenvalue weighted by molar-refractivity contribution is 6.34. The molecule has 0 saturated heterocycles. The van der Waals surface area contributed by atoms with Crippen molar-refractivity contribution >= 4 is 23.2 Å². The number of halogens is 1. The minimum Gasteiger partial charge on any atom is -0.447 e. The molecule has 0 spiro atoms. The molecule has 5 nitrogen and oxygen atoms in total. The molecular weight excluding hydrogens is 242 g/mol. The van der Waals surface area contributed by atoms with E-state index in [9.17, 15) is 4.79 Å². The van der Waals surface area contributed by atoms with E-state index < -0.39 is 5.91 Å². The van der Waals surface area contributed by atoms with Crippen LogP contribution in [0.25, 0.3) is 0 Å². The quantitative estimate of drug-likeness (QED) is 0.871. The molecule has 2 rings (SSSR count). The lowest BCUT2D eigenvalue weighted by Crippen LogP contribution is -2.11. The van der Waals surface area contributed by atoms with Crippen LogP contribution >= 0.6 is 11.6 Å². The third-order valence-electron chi connectivity index (χ3n) is 2.18. The summed E-state index contributed by atoms with van der Waals surface area (Å²) < 4.78 is 5.07. The maximum absolute atomic E-state index is 11.0. The van der Waals surface area contributed by atoms with Crippen LogP contribution < -0.4 is 11.1 Å². The van der Waals surface area contributed by atoms with Gasteiger partial charge in [-0.05, 0) is 18.2 Å². The average molecular weight is 252 g/mol. The van der Waals surface area contributed by atoms with Crippen LogP contribution in [0.5, 0.6) is 0 Å². The highest BCUT2D eigenvalue weighted by Crippen LogP contribution is 2.21. The number of rotatable bonds is 4. The molecule has 0 radical (unpaired) electrons. The predicted molar refractivity (Wildman–Crippen MR) is 63.8 cm³/mol. The fraction of sp³-hybridized carbons (Fsp3) is 0.0909. The Hall–Kier alpha value is -2.01. The van der Waals surface area contributed by atoms with Gasteiger partial charge in [0.1, 0.15) is 5.76 Å². The molecule has 1 aromatic heterocycles. The third kappa shape index (κ3) is 2.76. The van der Waals surface area contributed by atoms with Gasteiger partial charge in [-0.15, -0.1) is 0 Å². The number of amides is 1. The van der Waals surface area contributed by atoms with Crippen molar-refractivity contribution in [1.29, 1.82) is 0 Å². The van der Waals surface area contributed by atoms with Crippen molar-refractivity contribution < 1.29 is 9.21 Å². The molecule has 3 N–H and O–H groups in total. The molecule has 2 aromatic rings. The number of hydrogen-bond donors (Lipinski definition) is 2. The Balaban J connectivity index is 2.07.